The van der Waals surface area contributed by atoms with Crippen molar-refractivity contribution in [2.45, 2.75) is 54.1 Å². The summed E-state index contributed by atoms with van der Waals surface area (Å²) in [5.41, 5.74) is 0. The van der Waals surface area contributed by atoms with Crippen molar-refractivity contribution in [2.75, 3.05) is 0 Å². The zero-order chi connectivity index (χ0) is 9.49. The Hall–Kier alpha value is 0.411. The second-order valence-corrected chi connectivity index (χ2v) is 11.3. The van der Waals surface area contributed by atoms with Crippen LogP contribution in [0.5, 0.6) is 0 Å². The van der Waals surface area contributed by atoms with E-state index in [4.69, 9.17) is 8.58 Å². The highest BCUT2D eigenvalue weighted by atomic mass is 28.4. The summed E-state index contributed by atoms with van der Waals surface area (Å²) >= 11 is 0. The van der Waals surface area contributed by atoms with Gasteiger partial charge in [0.1, 0.15) is 0 Å². The second-order valence-electron chi connectivity index (χ2n) is 3.51. The summed E-state index contributed by atoms with van der Waals surface area (Å²) in [5, 5.41) is 0. The molecular weight excluding hydrogens is 212 g/mol. The first-order chi connectivity index (χ1) is 4.83. The van der Waals surface area contributed by atoms with Gasteiger partial charge in [-0.05, 0) is 39.3 Å². The Bertz CT molecular complexity index is 100. The van der Waals surface area contributed by atoms with Crippen LogP contribution < -0.4 is 0 Å². The lowest BCUT2D eigenvalue weighted by molar-refractivity contribution is 0.580. The van der Waals surface area contributed by atoms with E-state index < -0.39 is 26.8 Å². The van der Waals surface area contributed by atoms with Gasteiger partial charge in [0, 0.05) is 0 Å². The van der Waals surface area contributed by atoms with Gasteiger partial charge in [-0.25, -0.2) is 0 Å². The molecule has 2 nitrogen and oxygen atoms in total. The van der Waals surface area contributed by atoms with Gasteiger partial charge < -0.3 is 8.58 Å². The third-order valence-corrected chi connectivity index (χ3v) is 5.30. The van der Waals surface area contributed by atoms with Crippen molar-refractivity contribution in [3.8, 4) is 0 Å². The molecule has 0 saturated heterocycles. The van der Waals surface area contributed by atoms with Crippen molar-refractivity contribution in [1.82, 2.24) is 0 Å². The molecule has 0 atom stereocenters. The van der Waals surface area contributed by atoms with E-state index >= 15 is 0 Å². The Kier molecular flexibility index (Phi) is 22.3. The molecule has 0 aromatic carbocycles. The summed E-state index contributed by atoms with van der Waals surface area (Å²) in [6.07, 6.45) is 0. The lowest BCUT2D eigenvalue weighted by Gasteiger charge is -2.19. The highest BCUT2D eigenvalue weighted by molar-refractivity contribution is 6.76. The van der Waals surface area contributed by atoms with E-state index in [2.05, 4.69) is 32.7 Å². The van der Waals surface area contributed by atoms with Crippen molar-refractivity contribution >= 4 is 26.8 Å². The summed E-state index contributed by atoms with van der Waals surface area (Å²) < 4.78 is 14.7. The van der Waals surface area contributed by atoms with Gasteiger partial charge in [-0.3, -0.25) is 0 Å². The Morgan fingerprint density at radius 1 is 1.15 bits per heavy atom. The largest absolute Gasteiger partial charge is 0.458 e. The molecule has 0 aromatic rings. The van der Waals surface area contributed by atoms with Crippen molar-refractivity contribution in [2.24, 2.45) is 0 Å². The van der Waals surface area contributed by atoms with E-state index in [9.17, 15) is 0 Å². The van der Waals surface area contributed by atoms with Gasteiger partial charge >= 0.3 is 0 Å². The standard InChI is InChI=1S/C5H16OSi2.CH4OSi.2CH4/c1-7(2)6-8(3,4)5;1-3-2;;/h7H,1-5H3;3H,1H3;2*1H4. The van der Waals surface area contributed by atoms with Crippen molar-refractivity contribution in [3.63, 3.8) is 0 Å². The monoisotopic (exact) mass is 240 g/mol. The Morgan fingerprint density at radius 2 is 1.38 bits per heavy atom. The molecule has 0 saturated carbocycles. The topological polar surface area (TPSA) is 26.3 Å². The maximum absolute atomic E-state index is 9.01. The minimum atomic E-state index is -1.16. The Balaban J connectivity index is -0.0000000720. The SMILES string of the molecule is C.C.C[SiH](C)O[Si](C)(C)C.C[SiH]=O. The smallest absolute Gasteiger partial charge is 0.257 e. The predicted octanol–water partition coefficient (Wildman–Crippen LogP) is 2.91. The van der Waals surface area contributed by atoms with E-state index in [0.717, 1.165) is 0 Å². The molecule has 0 amide bonds. The minimum Gasteiger partial charge on any atom is -0.458 e. The molecule has 0 bridgehead atoms. The molecular formula is C8H28O2Si3. The second kappa shape index (κ2) is 12.4. The van der Waals surface area contributed by atoms with Gasteiger partial charge in [0.25, 0.3) is 9.41 Å². The van der Waals surface area contributed by atoms with Crippen LogP contribution >= 0.6 is 0 Å². The predicted molar refractivity (Wildman–Crippen MR) is 70.5 cm³/mol. The maximum Gasteiger partial charge on any atom is 0.257 e. The van der Waals surface area contributed by atoms with Crippen molar-refractivity contribution < 1.29 is 8.58 Å². The van der Waals surface area contributed by atoms with E-state index in [1.54, 1.807) is 6.55 Å². The Morgan fingerprint density at radius 3 is 1.38 bits per heavy atom. The zero-order valence-corrected chi connectivity index (χ0v) is 11.8. The fourth-order valence-corrected chi connectivity index (χ4v) is 6.36. The molecule has 0 aliphatic carbocycles. The molecule has 13 heavy (non-hydrogen) atoms. The minimum absolute atomic E-state index is 0. The first kappa shape index (κ1) is 23.3. The zero-order valence-electron chi connectivity index (χ0n) is 8.47. The molecule has 84 valence electrons. The van der Waals surface area contributed by atoms with Gasteiger partial charge in [-0.2, -0.15) is 0 Å². The summed E-state index contributed by atoms with van der Waals surface area (Å²) in [4.78, 5) is 0. The third kappa shape index (κ3) is 45.9. The van der Waals surface area contributed by atoms with E-state index in [-0.39, 0.29) is 14.9 Å². The van der Waals surface area contributed by atoms with Crippen molar-refractivity contribution in [1.29, 1.82) is 0 Å². The van der Waals surface area contributed by atoms with E-state index in [1.807, 2.05) is 0 Å². The van der Waals surface area contributed by atoms with Crippen LogP contribution in [0.4, 0.5) is 0 Å². The van der Waals surface area contributed by atoms with Gasteiger partial charge in [0.05, 0.1) is 0 Å². The summed E-state index contributed by atoms with van der Waals surface area (Å²) in [6.45, 7) is 12.8. The highest BCUT2D eigenvalue weighted by Gasteiger charge is 2.14. The molecule has 0 fully saturated rings. The molecule has 0 radical (unpaired) electrons. The molecule has 0 N–H and O–H groups in total. The van der Waals surface area contributed by atoms with Crippen LogP contribution in [0.15, 0.2) is 0 Å². The number of rotatable bonds is 2. The van der Waals surface area contributed by atoms with E-state index in [0.29, 0.717) is 0 Å². The first-order valence-corrected chi connectivity index (χ1v) is 11.7. The maximum atomic E-state index is 9.01. The average molecular weight is 241 g/mol. The number of hydrogen-bond donors (Lipinski definition) is 0. The normalized spacial score (nSPS) is 8.85. The van der Waals surface area contributed by atoms with E-state index in [1.165, 1.54) is 0 Å². The lowest BCUT2D eigenvalue weighted by atomic mass is 11.8. The average Bonchev–Trinajstić information content (AvgIpc) is 1.57. The van der Waals surface area contributed by atoms with Crippen LogP contribution in [-0.2, 0) is 8.58 Å². The van der Waals surface area contributed by atoms with Gasteiger partial charge in [-0.1, -0.05) is 14.9 Å². The molecule has 0 aromatic heterocycles. The van der Waals surface area contributed by atoms with Crippen LogP contribution in [0.25, 0.3) is 0 Å². The molecule has 0 aliphatic rings. The molecule has 0 unspecified atom stereocenters. The molecule has 0 spiro atoms. The summed E-state index contributed by atoms with van der Waals surface area (Å²) in [7, 11) is -2.39. The lowest BCUT2D eigenvalue weighted by Crippen LogP contribution is -2.31. The third-order valence-electron chi connectivity index (χ3n) is 0.589. The molecule has 0 aliphatic heterocycles. The fourth-order valence-electron chi connectivity index (χ4n) is 0.707. The van der Waals surface area contributed by atoms with Crippen LogP contribution in [0.3, 0.4) is 0 Å². The summed E-state index contributed by atoms with van der Waals surface area (Å²) in [6, 6.07) is 0. The first-order valence-electron chi connectivity index (χ1n) is 3.91. The highest BCUT2D eigenvalue weighted by Crippen LogP contribution is 2.03. The number of hydrogen-bond acceptors (Lipinski definition) is 2. The van der Waals surface area contributed by atoms with Crippen LogP contribution in [0.1, 0.15) is 14.9 Å². The quantitative estimate of drug-likeness (QED) is 0.694. The molecule has 5 heteroatoms. The van der Waals surface area contributed by atoms with Crippen molar-refractivity contribution in [3.05, 3.63) is 0 Å². The summed E-state index contributed by atoms with van der Waals surface area (Å²) in [5.74, 6) is 0. The van der Waals surface area contributed by atoms with Gasteiger partial charge in [0.2, 0.25) is 0 Å². The van der Waals surface area contributed by atoms with Gasteiger partial charge in [-0.15, -0.1) is 0 Å². The Labute approximate surface area is 89.8 Å². The molecule has 0 rings (SSSR count). The van der Waals surface area contributed by atoms with Crippen LogP contribution in [-0.4, -0.2) is 26.8 Å². The fraction of sp³-hybridized carbons (Fsp3) is 1.00. The van der Waals surface area contributed by atoms with Crippen LogP contribution in [0, 0.1) is 0 Å². The van der Waals surface area contributed by atoms with Crippen LogP contribution in [0.2, 0.25) is 39.3 Å². The molecule has 0 heterocycles. The van der Waals surface area contributed by atoms with Gasteiger partial charge in [0.15, 0.2) is 17.4 Å².